The highest BCUT2D eigenvalue weighted by atomic mass is 35.5. The van der Waals surface area contributed by atoms with Crippen LogP contribution in [0.1, 0.15) is 23.9 Å². The Labute approximate surface area is 128 Å². The Morgan fingerprint density at radius 3 is 2.60 bits per heavy atom. The van der Waals surface area contributed by atoms with Crippen LogP contribution in [-0.4, -0.2) is 9.97 Å². The smallest absolute Gasteiger partial charge is 0.148 e. The van der Waals surface area contributed by atoms with E-state index in [1.54, 1.807) is 18.2 Å². The molecular formula is C15H15ClN2OS. The molecule has 0 aliphatic rings. The van der Waals surface area contributed by atoms with Crippen molar-refractivity contribution in [1.29, 1.82) is 0 Å². The number of aryl methyl sites for hydroxylation is 2. The largest absolute Gasteiger partial charge is 0.454 e. The van der Waals surface area contributed by atoms with Crippen molar-refractivity contribution in [3.63, 3.8) is 0 Å². The molecule has 2 N–H and O–H groups in total. The minimum atomic E-state index is 0.310. The molecule has 2 rings (SSSR count). The maximum absolute atomic E-state index is 6.19. The number of rotatable bonds is 4. The lowest BCUT2D eigenvalue weighted by Gasteiger charge is -2.12. The Bertz CT molecular complexity index is 658. The number of nitrogens with zero attached hydrogens (tertiary/aromatic N) is 1. The number of hydrogen-bond acceptors (Lipinski definition) is 3. The average molecular weight is 307 g/mol. The van der Waals surface area contributed by atoms with Gasteiger partial charge in [0.15, 0.2) is 0 Å². The van der Waals surface area contributed by atoms with Crippen LogP contribution in [0.3, 0.4) is 0 Å². The van der Waals surface area contributed by atoms with Gasteiger partial charge in [0.05, 0.1) is 10.7 Å². The highest BCUT2D eigenvalue weighted by molar-refractivity contribution is 7.80. The van der Waals surface area contributed by atoms with Crippen LogP contribution >= 0.6 is 23.8 Å². The van der Waals surface area contributed by atoms with Crippen LogP contribution in [0.4, 0.5) is 0 Å². The van der Waals surface area contributed by atoms with Gasteiger partial charge in [0, 0.05) is 11.3 Å². The van der Waals surface area contributed by atoms with Crippen LogP contribution in [0.2, 0.25) is 5.02 Å². The first-order valence-corrected chi connectivity index (χ1v) is 7.03. The highest BCUT2D eigenvalue weighted by Gasteiger charge is 2.09. The Balaban J connectivity index is 2.33. The van der Waals surface area contributed by atoms with E-state index in [0.29, 0.717) is 21.5 Å². The van der Waals surface area contributed by atoms with Crippen molar-refractivity contribution < 1.29 is 4.74 Å². The predicted octanol–water partition coefficient (Wildman–Crippen LogP) is 4.03. The second-order valence-electron chi connectivity index (χ2n) is 4.36. The van der Waals surface area contributed by atoms with E-state index in [2.05, 4.69) is 4.98 Å². The van der Waals surface area contributed by atoms with E-state index in [-0.39, 0.29) is 0 Å². The van der Waals surface area contributed by atoms with Crippen molar-refractivity contribution in [2.75, 3.05) is 0 Å². The molecule has 0 saturated heterocycles. The summed E-state index contributed by atoms with van der Waals surface area (Å²) in [7, 11) is 0. The van der Waals surface area contributed by atoms with E-state index in [0.717, 1.165) is 23.4 Å². The SMILES string of the molecule is CCc1nc(C)ccc1Oc1ccc(C(N)=S)cc1Cl. The lowest BCUT2D eigenvalue weighted by molar-refractivity contribution is 0.473. The van der Waals surface area contributed by atoms with Gasteiger partial charge in [0.1, 0.15) is 16.5 Å². The Morgan fingerprint density at radius 1 is 1.30 bits per heavy atom. The van der Waals surface area contributed by atoms with E-state index in [9.17, 15) is 0 Å². The highest BCUT2D eigenvalue weighted by Crippen LogP contribution is 2.31. The first kappa shape index (κ1) is 14.8. The Morgan fingerprint density at radius 2 is 2.00 bits per heavy atom. The summed E-state index contributed by atoms with van der Waals surface area (Å²) in [5.41, 5.74) is 8.15. The fourth-order valence-corrected chi connectivity index (χ4v) is 2.15. The van der Waals surface area contributed by atoms with Crippen molar-refractivity contribution >= 4 is 28.8 Å². The zero-order chi connectivity index (χ0) is 14.7. The maximum atomic E-state index is 6.19. The molecule has 0 fully saturated rings. The van der Waals surface area contributed by atoms with E-state index < -0.39 is 0 Å². The number of ether oxygens (including phenoxy) is 1. The van der Waals surface area contributed by atoms with Gasteiger partial charge in [-0.1, -0.05) is 30.7 Å². The molecule has 0 aliphatic carbocycles. The molecule has 0 bridgehead atoms. The molecular weight excluding hydrogens is 292 g/mol. The molecule has 0 atom stereocenters. The molecule has 1 heterocycles. The topological polar surface area (TPSA) is 48.1 Å². The molecule has 0 radical (unpaired) electrons. The van der Waals surface area contributed by atoms with Crippen LogP contribution < -0.4 is 10.5 Å². The maximum Gasteiger partial charge on any atom is 0.148 e. The van der Waals surface area contributed by atoms with Crippen molar-refractivity contribution in [1.82, 2.24) is 4.98 Å². The van der Waals surface area contributed by atoms with Gasteiger partial charge in [-0.2, -0.15) is 0 Å². The molecule has 1 aromatic heterocycles. The molecule has 5 heteroatoms. The predicted molar refractivity (Wildman–Crippen MR) is 85.8 cm³/mol. The first-order chi connectivity index (χ1) is 9.51. The van der Waals surface area contributed by atoms with Gasteiger partial charge >= 0.3 is 0 Å². The molecule has 2 aromatic rings. The number of hydrogen-bond donors (Lipinski definition) is 1. The van der Waals surface area contributed by atoms with Crippen LogP contribution in [0, 0.1) is 6.92 Å². The van der Waals surface area contributed by atoms with E-state index >= 15 is 0 Å². The van der Waals surface area contributed by atoms with Gasteiger partial charge < -0.3 is 10.5 Å². The zero-order valence-electron chi connectivity index (χ0n) is 11.3. The summed E-state index contributed by atoms with van der Waals surface area (Å²) < 4.78 is 5.84. The Hall–Kier alpha value is -1.65. The normalized spacial score (nSPS) is 10.3. The minimum Gasteiger partial charge on any atom is -0.454 e. The van der Waals surface area contributed by atoms with Crippen LogP contribution in [0.25, 0.3) is 0 Å². The quantitative estimate of drug-likeness (QED) is 0.866. The molecule has 0 aliphatic heterocycles. The van der Waals surface area contributed by atoms with Crippen LogP contribution in [0.15, 0.2) is 30.3 Å². The van der Waals surface area contributed by atoms with Gasteiger partial charge in [-0.15, -0.1) is 0 Å². The summed E-state index contributed by atoms with van der Waals surface area (Å²) in [6.45, 7) is 3.99. The molecule has 3 nitrogen and oxygen atoms in total. The number of benzene rings is 1. The molecule has 20 heavy (non-hydrogen) atoms. The zero-order valence-corrected chi connectivity index (χ0v) is 12.9. The third-order valence-corrected chi connectivity index (χ3v) is 3.37. The van der Waals surface area contributed by atoms with Gasteiger partial charge in [0.25, 0.3) is 0 Å². The molecule has 0 spiro atoms. The number of thiocarbonyl (C=S) groups is 1. The van der Waals surface area contributed by atoms with Crippen LogP contribution in [-0.2, 0) is 6.42 Å². The summed E-state index contributed by atoms with van der Waals surface area (Å²) in [5.74, 6) is 1.27. The lowest BCUT2D eigenvalue weighted by atomic mass is 10.2. The number of aromatic nitrogens is 1. The summed E-state index contributed by atoms with van der Waals surface area (Å²) >= 11 is 11.1. The second-order valence-corrected chi connectivity index (χ2v) is 5.21. The van der Waals surface area contributed by atoms with Crippen molar-refractivity contribution in [2.45, 2.75) is 20.3 Å². The number of pyridine rings is 1. The minimum absolute atomic E-state index is 0.310. The summed E-state index contributed by atoms with van der Waals surface area (Å²) in [6, 6.07) is 9.06. The standard InChI is InChI=1S/C15H15ClN2OS/c1-3-12-14(6-4-9(2)18-12)19-13-7-5-10(15(17)20)8-11(13)16/h4-8H,3H2,1-2H3,(H2,17,20). The van der Waals surface area contributed by atoms with E-state index in [1.807, 2.05) is 26.0 Å². The molecule has 104 valence electrons. The first-order valence-electron chi connectivity index (χ1n) is 6.25. The van der Waals surface area contributed by atoms with Crippen LogP contribution in [0.5, 0.6) is 11.5 Å². The summed E-state index contributed by atoms with van der Waals surface area (Å²) in [5, 5.41) is 0.470. The van der Waals surface area contributed by atoms with E-state index in [1.165, 1.54) is 0 Å². The summed E-state index contributed by atoms with van der Waals surface area (Å²) in [6.07, 6.45) is 0.791. The van der Waals surface area contributed by atoms with Crippen molar-refractivity contribution in [3.8, 4) is 11.5 Å². The monoisotopic (exact) mass is 306 g/mol. The fraction of sp³-hybridized carbons (Fsp3) is 0.200. The third-order valence-electron chi connectivity index (χ3n) is 2.84. The van der Waals surface area contributed by atoms with Crippen molar-refractivity contribution in [2.24, 2.45) is 5.73 Å². The van der Waals surface area contributed by atoms with Gasteiger partial charge in [-0.25, -0.2) is 0 Å². The third kappa shape index (κ3) is 3.26. The molecule has 0 saturated carbocycles. The number of nitrogens with two attached hydrogens (primary N) is 1. The summed E-state index contributed by atoms with van der Waals surface area (Å²) in [4.78, 5) is 4.76. The molecule has 0 unspecified atom stereocenters. The number of halogens is 1. The van der Waals surface area contributed by atoms with Gasteiger partial charge in [-0.05, 0) is 43.7 Å². The van der Waals surface area contributed by atoms with Gasteiger partial charge in [-0.3, -0.25) is 4.98 Å². The van der Waals surface area contributed by atoms with Crippen molar-refractivity contribution in [3.05, 3.63) is 52.3 Å². The van der Waals surface area contributed by atoms with E-state index in [4.69, 9.17) is 34.3 Å². The Kier molecular flexibility index (Phi) is 4.57. The lowest BCUT2D eigenvalue weighted by Crippen LogP contribution is -2.09. The molecule has 0 amide bonds. The fourth-order valence-electron chi connectivity index (χ4n) is 1.80. The molecule has 1 aromatic carbocycles. The van der Waals surface area contributed by atoms with Gasteiger partial charge in [0.2, 0.25) is 0 Å². The average Bonchev–Trinajstić information content (AvgIpc) is 2.42. The second kappa shape index (κ2) is 6.20.